The van der Waals surface area contributed by atoms with Gasteiger partial charge in [0.05, 0.1) is 16.2 Å². The minimum Gasteiger partial charge on any atom is -0.258 e. The SMILES string of the molecule is Cc1ccc(N=Cc2ccccc2[N+](=O)[O-])cc1I. The zero-order valence-corrected chi connectivity index (χ0v) is 12.4. The first kappa shape index (κ1) is 13.7. The third-order valence-corrected chi connectivity index (χ3v) is 3.80. The lowest BCUT2D eigenvalue weighted by atomic mass is 10.2. The smallest absolute Gasteiger partial charge is 0.258 e. The van der Waals surface area contributed by atoms with Gasteiger partial charge >= 0.3 is 0 Å². The van der Waals surface area contributed by atoms with E-state index in [1.165, 1.54) is 17.8 Å². The maximum Gasteiger partial charge on any atom is 0.278 e. The highest BCUT2D eigenvalue weighted by Gasteiger charge is 2.09. The second-order valence-electron chi connectivity index (χ2n) is 4.01. The lowest BCUT2D eigenvalue weighted by Crippen LogP contribution is -1.93. The van der Waals surface area contributed by atoms with Gasteiger partial charge in [-0.15, -0.1) is 0 Å². The monoisotopic (exact) mass is 366 g/mol. The molecule has 0 saturated heterocycles. The lowest BCUT2D eigenvalue weighted by molar-refractivity contribution is -0.385. The quantitative estimate of drug-likeness (QED) is 0.353. The Morgan fingerprint density at radius 1 is 1.26 bits per heavy atom. The number of aliphatic imine (C=N–C) groups is 1. The Morgan fingerprint density at radius 2 is 2.00 bits per heavy atom. The van der Waals surface area contributed by atoms with Crippen LogP contribution in [0, 0.1) is 20.6 Å². The Labute approximate surface area is 124 Å². The molecule has 0 N–H and O–H groups in total. The molecule has 0 aliphatic rings. The summed E-state index contributed by atoms with van der Waals surface area (Å²) in [7, 11) is 0. The summed E-state index contributed by atoms with van der Waals surface area (Å²) in [5, 5.41) is 10.9. The van der Waals surface area contributed by atoms with Gasteiger partial charge < -0.3 is 0 Å². The van der Waals surface area contributed by atoms with Crippen molar-refractivity contribution >= 4 is 40.2 Å². The predicted octanol–water partition coefficient (Wildman–Crippen LogP) is 4.26. The fourth-order valence-corrected chi connectivity index (χ4v) is 2.07. The minimum absolute atomic E-state index is 0.0630. The topological polar surface area (TPSA) is 55.5 Å². The summed E-state index contributed by atoms with van der Waals surface area (Å²) in [6.07, 6.45) is 1.53. The molecule has 96 valence electrons. The van der Waals surface area contributed by atoms with Gasteiger partial charge in [-0.2, -0.15) is 0 Å². The molecule has 0 fully saturated rings. The number of rotatable bonds is 3. The van der Waals surface area contributed by atoms with Gasteiger partial charge in [0.25, 0.3) is 5.69 Å². The Bertz CT molecular complexity index is 654. The fraction of sp³-hybridized carbons (Fsp3) is 0.0714. The Hall–Kier alpha value is -1.76. The van der Waals surface area contributed by atoms with Crippen molar-refractivity contribution in [3.05, 3.63) is 67.3 Å². The van der Waals surface area contributed by atoms with E-state index in [0.717, 1.165) is 9.26 Å². The molecule has 19 heavy (non-hydrogen) atoms. The molecule has 0 aliphatic carbocycles. The van der Waals surface area contributed by atoms with Gasteiger partial charge in [0.15, 0.2) is 0 Å². The maximum absolute atomic E-state index is 10.9. The molecule has 2 rings (SSSR count). The molecule has 0 unspecified atom stereocenters. The fourth-order valence-electron chi connectivity index (χ4n) is 1.57. The summed E-state index contributed by atoms with van der Waals surface area (Å²) in [5.41, 5.74) is 2.54. The molecule has 0 heterocycles. The zero-order chi connectivity index (χ0) is 13.8. The normalized spacial score (nSPS) is 10.8. The molecule has 2 aromatic carbocycles. The second kappa shape index (κ2) is 5.92. The summed E-state index contributed by atoms with van der Waals surface area (Å²) in [6.45, 7) is 2.03. The Morgan fingerprint density at radius 3 is 2.68 bits per heavy atom. The minimum atomic E-state index is -0.403. The van der Waals surface area contributed by atoms with Crippen LogP contribution in [-0.4, -0.2) is 11.1 Å². The van der Waals surface area contributed by atoms with Crippen LogP contribution >= 0.6 is 22.6 Å². The molecule has 0 aliphatic heterocycles. The number of halogens is 1. The average Bonchev–Trinajstić information content (AvgIpc) is 2.40. The van der Waals surface area contributed by atoms with Gasteiger partial charge in [0.2, 0.25) is 0 Å². The van der Waals surface area contributed by atoms with E-state index >= 15 is 0 Å². The number of nitro groups is 1. The van der Waals surface area contributed by atoms with E-state index in [2.05, 4.69) is 27.6 Å². The molecule has 5 heteroatoms. The molecule has 4 nitrogen and oxygen atoms in total. The van der Waals surface area contributed by atoms with Crippen molar-refractivity contribution in [3.63, 3.8) is 0 Å². The first-order valence-electron chi connectivity index (χ1n) is 5.61. The Kier molecular flexibility index (Phi) is 4.26. The number of hydrogen-bond acceptors (Lipinski definition) is 3. The van der Waals surface area contributed by atoms with E-state index < -0.39 is 4.92 Å². The first-order chi connectivity index (χ1) is 9.08. The lowest BCUT2D eigenvalue weighted by Gasteiger charge is -1.99. The third-order valence-electron chi connectivity index (χ3n) is 2.64. The largest absolute Gasteiger partial charge is 0.278 e. The predicted molar refractivity (Wildman–Crippen MR) is 84.2 cm³/mol. The average molecular weight is 366 g/mol. The molecule has 2 aromatic rings. The van der Waals surface area contributed by atoms with Crippen molar-refractivity contribution in [2.24, 2.45) is 4.99 Å². The number of nitro benzene ring substituents is 1. The van der Waals surface area contributed by atoms with Crippen molar-refractivity contribution in [1.29, 1.82) is 0 Å². The molecular formula is C14H11IN2O2. The van der Waals surface area contributed by atoms with Crippen LogP contribution in [0.1, 0.15) is 11.1 Å². The first-order valence-corrected chi connectivity index (χ1v) is 6.69. The number of benzene rings is 2. The third kappa shape index (κ3) is 3.37. The van der Waals surface area contributed by atoms with Crippen molar-refractivity contribution < 1.29 is 4.92 Å². The number of hydrogen-bond donors (Lipinski definition) is 0. The van der Waals surface area contributed by atoms with Crippen LogP contribution in [0.5, 0.6) is 0 Å². The molecule has 0 amide bonds. The molecule has 0 atom stereocenters. The summed E-state index contributed by atoms with van der Waals surface area (Å²) in [6, 6.07) is 12.4. The highest BCUT2D eigenvalue weighted by atomic mass is 127. The van der Waals surface area contributed by atoms with Crippen molar-refractivity contribution in [1.82, 2.24) is 0 Å². The van der Waals surface area contributed by atoms with E-state index in [-0.39, 0.29) is 5.69 Å². The van der Waals surface area contributed by atoms with E-state index in [4.69, 9.17) is 0 Å². The maximum atomic E-state index is 10.9. The molecule has 0 radical (unpaired) electrons. The van der Waals surface area contributed by atoms with Crippen molar-refractivity contribution in [2.45, 2.75) is 6.92 Å². The summed E-state index contributed by atoms with van der Waals surface area (Å²) < 4.78 is 1.12. The van der Waals surface area contributed by atoms with Crippen molar-refractivity contribution in [3.8, 4) is 0 Å². The van der Waals surface area contributed by atoms with Crippen LogP contribution in [0.25, 0.3) is 0 Å². The molecule has 0 aromatic heterocycles. The molecular weight excluding hydrogens is 355 g/mol. The highest BCUT2D eigenvalue weighted by molar-refractivity contribution is 14.1. The molecule has 0 spiro atoms. The van der Waals surface area contributed by atoms with Crippen molar-refractivity contribution in [2.75, 3.05) is 0 Å². The van der Waals surface area contributed by atoms with Crippen LogP contribution in [0.3, 0.4) is 0 Å². The standard InChI is InChI=1S/C14H11IN2O2/c1-10-6-7-12(8-13(10)15)16-9-11-4-2-3-5-14(11)17(18)19/h2-9H,1H3. The van der Waals surface area contributed by atoms with Crippen LogP contribution in [-0.2, 0) is 0 Å². The van der Waals surface area contributed by atoms with Gasteiger partial charge in [-0.25, -0.2) is 0 Å². The van der Waals surface area contributed by atoms with Gasteiger partial charge in [0.1, 0.15) is 0 Å². The number of para-hydroxylation sites is 1. The van der Waals surface area contributed by atoms with Gasteiger partial charge in [-0.05, 0) is 53.3 Å². The highest BCUT2D eigenvalue weighted by Crippen LogP contribution is 2.21. The Balaban J connectivity index is 2.32. The summed E-state index contributed by atoms with van der Waals surface area (Å²) in [4.78, 5) is 14.8. The second-order valence-corrected chi connectivity index (χ2v) is 5.17. The van der Waals surface area contributed by atoms with Gasteiger partial charge in [-0.3, -0.25) is 15.1 Å². The summed E-state index contributed by atoms with van der Waals surface area (Å²) >= 11 is 2.24. The van der Waals surface area contributed by atoms with Crippen LogP contribution < -0.4 is 0 Å². The van der Waals surface area contributed by atoms with E-state index in [9.17, 15) is 10.1 Å². The van der Waals surface area contributed by atoms with E-state index in [1.54, 1.807) is 18.2 Å². The van der Waals surface area contributed by atoms with E-state index in [1.807, 2.05) is 25.1 Å². The van der Waals surface area contributed by atoms with E-state index in [0.29, 0.717) is 5.56 Å². The summed E-state index contributed by atoms with van der Waals surface area (Å²) in [5.74, 6) is 0. The molecule has 0 saturated carbocycles. The van der Waals surface area contributed by atoms with Crippen LogP contribution in [0.2, 0.25) is 0 Å². The van der Waals surface area contributed by atoms with Crippen LogP contribution in [0.4, 0.5) is 11.4 Å². The number of aryl methyl sites for hydroxylation is 1. The van der Waals surface area contributed by atoms with Gasteiger partial charge in [0, 0.05) is 15.9 Å². The van der Waals surface area contributed by atoms with Crippen LogP contribution in [0.15, 0.2) is 47.5 Å². The van der Waals surface area contributed by atoms with Gasteiger partial charge in [-0.1, -0.05) is 18.2 Å². The zero-order valence-electron chi connectivity index (χ0n) is 10.2. The molecule has 0 bridgehead atoms. The number of nitrogens with zero attached hydrogens (tertiary/aromatic N) is 2.